The van der Waals surface area contributed by atoms with Crippen LogP contribution in [0, 0.1) is 10.8 Å². The minimum atomic E-state index is -0.420. The lowest BCUT2D eigenvalue weighted by molar-refractivity contribution is -0.126. The molecule has 1 rings (SSSR count). The fourth-order valence-electron chi connectivity index (χ4n) is 1.28. The number of hydrogen-bond acceptors (Lipinski definition) is 2. The van der Waals surface area contributed by atoms with Crippen LogP contribution in [0.4, 0.5) is 0 Å². The Hall–Kier alpha value is -0.860. The summed E-state index contributed by atoms with van der Waals surface area (Å²) < 4.78 is 0. The summed E-state index contributed by atoms with van der Waals surface area (Å²) in [5.74, 6) is -0.269. The predicted octanol–water partition coefficient (Wildman–Crippen LogP) is 0.682. The highest BCUT2D eigenvalue weighted by Crippen LogP contribution is 2.34. The zero-order valence-electron chi connectivity index (χ0n) is 6.11. The molecule has 0 aliphatic heterocycles. The van der Waals surface area contributed by atoms with Crippen molar-refractivity contribution in [1.29, 1.82) is 5.41 Å². The molecule has 3 nitrogen and oxygen atoms in total. The maximum absolute atomic E-state index is 10.8. The molecule has 1 aliphatic rings. The van der Waals surface area contributed by atoms with Crippen LogP contribution in [-0.4, -0.2) is 11.6 Å². The Labute approximate surface area is 60.1 Å². The number of primary amides is 1. The maximum atomic E-state index is 10.8. The van der Waals surface area contributed by atoms with Crippen molar-refractivity contribution in [1.82, 2.24) is 0 Å². The van der Waals surface area contributed by atoms with Crippen LogP contribution in [0.15, 0.2) is 0 Å². The van der Waals surface area contributed by atoms with Gasteiger partial charge in [0.1, 0.15) is 0 Å². The quantitative estimate of drug-likeness (QED) is 0.552. The van der Waals surface area contributed by atoms with Crippen LogP contribution in [0.3, 0.4) is 0 Å². The van der Waals surface area contributed by atoms with Crippen molar-refractivity contribution in [2.24, 2.45) is 11.1 Å². The van der Waals surface area contributed by atoms with E-state index in [1.54, 1.807) is 0 Å². The maximum Gasteiger partial charge on any atom is 0.223 e. The zero-order valence-corrected chi connectivity index (χ0v) is 6.11. The Morgan fingerprint density at radius 2 is 2.40 bits per heavy atom. The summed E-state index contributed by atoms with van der Waals surface area (Å²) >= 11 is 0. The number of carbonyl (C=O) groups is 1. The number of hydrogen-bond donors (Lipinski definition) is 2. The normalized spacial score (nSPS) is 32.7. The van der Waals surface area contributed by atoms with Gasteiger partial charge in [-0.1, -0.05) is 6.92 Å². The van der Waals surface area contributed by atoms with Crippen molar-refractivity contribution in [3.8, 4) is 0 Å². The third-order valence-electron chi connectivity index (χ3n) is 2.18. The second-order valence-corrected chi connectivity index (χ2v) is 3.21. The first-order valence-electron chi connectivity index (χ1n) is 3.41. The monoisotopic (exact) mass is 140 g/mol. The van der Waals surface area contributed by atoms with Crippen molar-refractivity contribution in [3.63, 3.8) is 0 Å². The molecular weight excluding hydrogens is 128 g/mol. The second kappa shape index (κ2) is 2.08. The van der Waals surface area contributed by atoms with E-state index in [9.17, 15) is 4.79 Å². The van der Waals surface area contributed by atoms with Crippen LogP contribution in [0.25, 0.3) is 0 Å². The topological polar surface area (TPSA) is 66.9 Å². The third-order valence-corrected chi connectivity index (χ3v) is 2.18. The van der Waals surface area contributed by atoms with Gasteiger partial charge in [0.2, 0.25) is 5.91 Å². The molecular formula is C7H12N2O. The number of amides is 1. The fraction of sp³-hybridized carbons (Fsp3) is 0.714. The van der Waals surface area contributed by atoms with E-state index in [2.05, 4.69) is 0 Å². The third kappa shape index (κ3) is 1.03. The van der Waals surface area contributed by atoms with Crippen molar-refractivity contribution < 1.29 is 4.79 Å². The molecule has 0 aromatic carbocycles. The van der Waals surface area contributed by atoms with Crippen molar-refractivity contribution in [2.75, 3.05) is 0 Å². The summed E-state index contributed by atoms with van der Waals surface area (Å²) in [4.78, 5) is 10.8. The van der Waals surface area contributed by atoms with Gasteiger partial charge >= 0.3 is 0 Å². The van der Waals surface area contributed by atoms with Crippen LogP contribution >= 0.6 is 0 Å². The molecule has 1 unspecified atom stereocenters. The molecule has 10 heavy (non-hydrogen) atoms. The van der Waals surface area contributed by atoms with E-state index < -0.39 is 5.41 Å². The van der Waals surface area contributed by atoms with Crippen LogP contribution in [0.5, 0.6) is 0 Å². The van der Waals surface area contributed by atoms with Crippen LogP contribution in [0.1, 0.15) is 26.2 Å². The molecule has 0 radical (unpaired) electrons. The lowest BCUT2D eigenvalue weighted by Gasteiger charge is -2.16. The fourth-order valence-corrected chi connectivity index (χ4v) is 1.28. The van der Waals surface area contributed by atoms with Gasteiger partial charge in [0, 0.05) is 5.71 Å². The summed E-state index contributed by atoms with van der Waals surface area (Å²) in [7, 11) is 0. The summed E-state index contributed by atoms with van der Waals surface area (Å²) in [5.41, 5.74) is 5.39. The molecule has 1 fully saturated rings. The van der Waals surface area contributed by atoms with Crippen molar-refractivity contribution in [3.05, 3.63) is 0 Å². The average Bonchev–Trinajstić information content (AvgIpc) is 2.13. The molecule has 0 bridgehead atoms. The molecule has 1 amide bonds. The Bertz CT molecular complexity index is 188. The molecule has 3 heteroatoms. The van der Waals surface area contributed by atoms with Gasteiger partial charge in [-0.3, -0.25) is 4.79 Å². The number of nitrogens with one attached hydrogen (secondary N) is 1. The summed E-state index contributed by atoms with van der Waals surface area (Å²) in [5, 5.41) is 7.29. The second-order valence-electron chi connectivity index (χ2n) is 3.21. The average molecular weight is 140 g/mol. The van der Waals surface area contributed by atoms with E-state index in [0.29, 0.717) is 12.1 Å². The Balaban J connectivity index is 2.72. The number of rotatable bonds is 1. The Morgan fingerprint density at radius 1 is 1.80 bits per heavy atom. The van der Waals surface area contributed by atoms with Crippen LogP contribution in [-0.2, 0) is 4.79 Å². The van der Waals surface area contributed by atoms with Gasteiger partial charge in [-0.25, -0.2) is 0 Å². The lowest BCUT2D eigenvalue weighted by Crippen LogP contribution is -2.31. The zero-order chi connectivity index (χ0) is 7.78. The first-order chi connectivity index (χ1) is 4.54. The number of carbonyl (C=O) groups excluding carboxylic acids is 1. The molecule has 1 saturated carbocycles. The highest BCUT2D eigenvalue weighted by Gasteiger charge is 2.36. The van der Waals surface area contributed by atoms with Gasteiger partial charge in [-0.2, -0.15) is 0 Å². The minimum Gasteiger partial charge on any atom is -0.369 e. The molecule has 0 heterocycles. The van der Waals surface area contributed by atoms with Gasteiger partial charge in [-0.15, -0.1) is 0 Å². The van der Waals surface area contributed by atoms with Gasteiger partial charge in [0.05, 0.1) is 5.41 Å². The first-order valence-corrected chi connectivity index (χ1v) is 3.41. The standard InChI is InChI=1S/C7H12N2O/c1-7(6(9)10)3-2-5(8)4-7/h8H,2-4H2,1H3,(H2,9,10). The van der Waals surface area contributed by atoms with Gasteiger partial charge < -0.3 is 11.1 Å². The van der Waals surface area contributed by atoms with E-state index in [0.717, 1.165) is 12.8 Å². The lowest BCUT2D eigenvalue weighted by atomic mass is 9.88. The van der Waals surface area contributed by atoms with Gasteiger partial charge in [0.15, 0.2) is 0 Å². The SMILES string of the molecule is CC1(C(N)=O)CCC(=N)C1. The van der Waals surface area contributed by atoms with E-state index in [4.69, 9.17) is 11.1 Å². The Kier molecular flexibility index (Phi) is 1.50. The van der Waals surface area contributed by atoms with Crippen LogP contribution < -0.4 is 5.73 Å². The Morgan fingerprint density at radius 3 is 2.60 bits per heavy atom. The van der Waals surface area contributed by atoms with Gasteiger partial charge in [-0.05, 0) is 19.3 Å². The molecule has 3 N–H and O–H groups in total. The molecule has 1 aliphatic carbocycles. The summed E-state index contributed by atoms with van der Waals surface area (Å²) in [6.45, 7) is 1.83. The highest BCUT2D eigenvalue weighted by atomic mass is 16.1. The van der Waals surface area contributed by atoms with E-state index in [-0.39, 0.29) is 5.91 Å². The van der Waals surface area contributed by atoms with E-state index in [1.807, 2.05) is 6.92 Å². The molecule has 56 valence electrons. The largest absolute Gasteiger partial charge is 0.369 e. The first kappa shape index (κ1) is 7.25. The van der Waals surface area contributed by atoms with Crippen molar-refractivity contribution >= 4 is 11.6 Å². The molecule has 1 atom stereocenters. The smallest absolute Gasteiger partial charge is 0.223 e. The van der Waals surface area contributed by atoms with Gasteiger partial charge in [0.25, 0.3) is 0 Å². The predicted molar refractivity (Wildman–Crippen MR) is 38.9 cm³/mol. The molecule has 0 saturated heterocycles. The van der Waals surface area contributed by atoms with Crippen LogP contribution in [0.2, 0.25) is 0 Å². The van der Waals surface area contributed by atoms with E-state index >= 15 is 0 Å². The highest BCUT2D eigenvalue weighted by molar-refractivity contribution is 5.93. The summed E-state index contributed by atoms with van der Waals surface area (Å²) in [6.07, 6.45) is 2.04. The molecule has 0 aromatic rings. The number of nitrogens with two attached hydrogens (primary N) is 1. The molecule has 0 spiro atoms. The van der Waals surface area contributed by atoms with E-state index in [1.165, 1.54) is 0 Å². The summed E-state index contributed by atoms with van der Waals surface area (Å²) in [6, 6.07) is 0. The molecule has 0 aromatic heterocycles. The van der Waals surface area contributed by atoms with Crippen molar-refractivity contribution in [2.45, 2.75) is 26.2 Å². The minimum absolute atomic E-state index is 0.269.